The van der Waals surface area contributed by atoms with Gasteiger partial charge in [0.2, 0.25) is 5.91 Å². The van der Waals surface area contributed by atoms with Crippen molar-refractivity contribution < 1.29 is 26.4 Å². The number of sulfonamides is 1. The highest BCUT2D eigenvalue weighted by Gasteiger charge is 2.30. The Bertz CT molecular complexity index is 986. The standard InChI is InChI=1S/C19H19F3N2O3S/c1-13-5-8-15(12-17(13)24-11-3-2-4-18(24)25)23-28(26,27)16-9-6-14(7-10-16)19(20,21)22/h5-10,12,23H,2-4,11H2,1H3. The third-order valence-corrected chi connectivity index (χ3v) is 5.96. The monoisotopic (exact) mass is 412 g/mol. The van der Waals surface area contributed by atoms with Gasteiger partial charge in [-0.2, -0.15) is 13.2 Å². The number of rotatable bonds is 4. The molecule has 1 aliphatic rings. The van der Waals surface area contributed by atoms with Gasteiger partial charge in [0, 0.05) is 18.7 Å². The number of hydrogen-bond acceptors (Lipinski definition) is 3. The quantitative estimate of drug-likeness (QED) is 0.813. The number of nitrogens with zero attached hydrogens (tertiary/aromatic N) is 1. The number of hydrogen-bond donors (Lipinski definition) is 1. The van der Waals surface area contributed by atoms with Gasteiger partial charge in [0.05, 0.1) is 16.1 Å². The summed E-state index contributed by atoms with van der Waals surface area (Å²) in [6.07, 6.45) is -2.40. The van der Waals surface area contributed by atoms with Gasteiger partial charge >= 0.3 is 6.18 Å². The summed E-state index contributed by atoms with van der Waals surface area (Å²) in [5.74, 6) is -0.0166. The Morgan fingerprint density at radius 2 is 1.71 bits per heavy atom. The molecule has 150 valence electrons. The lowest BCUT2D eigenvalue weighted by Crippen LogP contribution is -2.35. The number of benzene rings is 2. The van der Waals surface area contributed by atoms with Gasteiger partial charge in [-0.25, -0.2) is 8.42 Å². The molecule has 1 aliphatic heterocycles. The van der Waals surface area contributed by atoms with Crippen LogP contribution >= 0.6 is 0 Å². The zero-order valence-corrected chi connectivity index (χ0v) is 15.9. The number of nitrogens with one attached hydrogen (secondary N) is 1. The van der Waals surface area contributed by atoms with Gasteiger partial charge in [-0.05, 0) is 61.7 Å². The molecule has 0 bridgehead atoms. The minimum absolute atomic E-state index is 0.0166. The lowest BCUT2D eigenvalue weighted by Gasteiger charge is -2.28. The Morgan fingerprint density at radius 1 is 1.04 bits per heavy atom. The van der Waals surface area contributed by atoms with E-state index in [1.807, 2.05) is 6.92 Å². The van der Waals surface area contributed by atoms with Crippen molar-refractivity contribution in [2.24, 2.45) is 0 Å². The first-order chi connectivity index (χ1) is 13.1. The molecule has 2 aromatic carbocycles. The summed E-state index contributed by atoms with van der Waals surface area (Å²) in [5, 5.41) is 0. The van der Waals surface area contributed by atoms with E-state index in [-0.39, 0.29) is 16.5 Å². The second kappa shape index (κ2) is 7.46. The Labute approximate surface area is 161 Å². The van der Waals surface area contributed by atoms with E-state index >= 15 is 0 Å². The second-order valence-corrected chi connectivity index (χ2v) is 8.31. The number of piperidine rings is 1. The highest BCUT2D eigenvalue weighted by Crippen LogP contribution is 2.31. The molecule has 0 aliphatic carbocycles. The molecule has 9 heteroatoms. The van der Waals surface area contributed by atoms with E-state index in [1.54, 1.807) is 23.1 Å². The maximum Gasteiger partial charge on any atom is 0.416 e. The topological polar surface area (TPSA) is 66.5 Å². The van der Waals surface area contributed by atoms with Crippen molar-refractivity contribution in [1.29, 1.82) is 0 Å². The summed E-state index contributed by atoms with van der Waals surface area (Å²) in [5.41, 5.74) is 0.761. The van der Waals surface area contributed by atoms with Crippen LogP contribution in [0.15, 0.2) is 47.4 Å². The Hall–Kier alpha value is -2.55. The third kappa shape index (κ3) is 4.30. The smallest absolute Gasteiger partial charge is 0.312 e. The summed E-state index contributed by atoms with van der Waals surface area (Å²) in [6, 6.07) is 8.09. The molecule has 3 rings (SSSR count). The summed E-state index contributed by atoms with van der Waals surface area (Å²) in [6.45, 7) is 2.39. The molecule has 1 heterocycles. The van der Waals surface area contributed by atoms with Gasteiger partial charge in [0.25, 0.3) is 10.0 Å². The van der Waals surface area contributed by atoms with E-state index in [9.17, 15) is 26.4 Å². The van der Waals surface area contributed by atoms with Gasteiger partial charge < -0.3 is 4.90 Å². The van der Waals surface area contributed by atoms with Crippen LogP contribution in [0.25, 0.3) is 0 Å². The molecule has 0 aromatic heterocycles. The number of aryl methyl sites for hydroxylation is 1. The molecule has 5 nitrogen and oxygen atoms in total. The SMILES string of the molecule is Cc1ccc(NS(=O)(=O)c2ccc(C(F)(F)F)cc2)cc1N1CCCCC1=O. The van der Waals surface area contributed by atoms with Crippen LogP contribution < -0.4 is 9.62 Å². The molecule has 1 fully saturated rings. The lowest BCUT2D eigenvalue weighted by atomic mass is 10.1. The van der Waals surface area contributed by atoms with Gasteiger partial charge in [0.1, 0.15) is 0 Å². The molecule has 0 radical (unpaired) electrons. The second-order valence-electron chi connectivity index (χ2n) is 6.63. The first kappa shape index (κ1) is 20.2. The molecule has 2 aromatic rings. The fraction of sp³-hybridized carbons (Fsp3) is 0.316. The molecule has 1 amide bonds. The Morgan fingerprint density at radius 3 is 2.32 bits per heavy atom. The van der Waals surface area contributed by atoms with Gasteiger partial charge in [-0.15, -0.1) is 0 Å². The molecule has 1 saturated heterocycles. The highest BCUT2D eigenvalue weighted by molar-refractivity contribution is 7.92. The van der Waals surface area contributed by atoms with E-state index in [0.29, 0.717) is 18.7 Å². The van der Waals surface area contributed by atoms with Gasteiger partial charge in [-0.1, -0.05) is 6.07 Å². The average Bonchev–Trinajstić information content (AvgIpc) is 2.63. The number of anilines is 2. The van der Waals surface area contributed by atoms with E-state index < -0.39 is 21.8 Å². The number of carbonyl (C=O) groups excluding carboxylic acids is 1. The fourth-order valence-corrected chi connectivity index (χ4v) is 4.11. The van der Waals surface area contributed by atoms with Crippen LogP contribution in [-0.4, -0.2) is 20.9 Å². The van der Waals surface area contributed by atoms with Crippen LogP contribution in [0.1, 0.15) is 30.4 Å². The highest BCUT2D eigenvalue weighted by atomic mass is 32.2. The number of halogens is 3. The van der Waals surface area contributed by atoms with Crippen molar-refractivity contribution in [2.45, 2.75) is 37.3 Å². The van der Waals surface area contributed by atoms with E-state index in [2.05, 4.69) is 4.72 Å². The van der Waals surface area contributed by atoms with Crippen LogP contribution in [0.2, 0.25) is 0 Å². The number of carbonyl (C=O) groups is 1. The molecular weight excluding hydrogens is 393 g/mol. The van der Waals surface area contributed by atoms with Gasteiger partial charge in [0.15, 0.2) is 0 Å². The summed E-state index contributed by atoms with van der Waals surface area (Å²) >= 11 is 0. The van der Waals surface area contributed by atoms with Crippen molar-refractivity contribution in [3.63, 3.8) is 0 Å². The molecule has 1 N–H and O–H groups in total. The predicted octanol–water partition coefficient (Wildman–Crippen LogP) is 4.33. The molecule has 28 heavy (non-hydrogen) atoms. The van der Waals surface area contributed by atoms with E-state index in [1.165, 1.54) is 0 Å². The van der Waals surface area contributed by atoms with Crippen LogP contribution in [0, 0.1) is 6.92 Å². The van der Waals surface area contributed by atoms with Gasteiger partial charge in [-0.3, -0.25) is 9.52 Å². The molecular formula is C19H19F3N2O3S. The largest absolute Gasteiger partial charge is 0.416 e. The Kier molecular flexibility index (Phi) is 5.38. The summed E-state index contributed by atoms with van der Waals surface area (Å²) < 4.78 is 65.4. The van der Waals surface area contributed by atoms with Crippen molar-refractivity contribution in [3.05, 3.63) is 53.6 Å². The van der Waals surface area contributed by atoms with Crippen LogP contribution in [0.5, 0.6) is 0 Å². The first-order valence-electron chi connectivity index (χ1n) is 8.69. The maximum absolute atomic E-state index is 12.7. The normalized spacial score (nSPS) is 15.6. The Balaban J connectivity index is 1.86. The van der Waals surface area contributed by atoms with Crippen molar-refractivity contribution in [3.8, 4) is 0 Å². The third-order valence-electron chi connectivity index (χ3n) is 4.57. The molecule has 0 unspecified atom stereocenters. The van der Waals surface area contributed by atoms with E-state index in [4.69, 9.17) is 0 Å². The summed E-state index contributed by atoms with van der Waals surface area (Å²) in [4.78, 5) is 13.5. The van der Waals surface area contributed by atoms with Crippen molar-refractivity contribution in [2.75, 3.05) is 16.2 Å². The molecule has 0 spiro atoms. The number of amides is 1. The minimum atomic E-state index is -4.54. The molecule has 0 saturated carbocycles. The first-order valence-corrected chi connectivity index (χ1v) is 10.2. The van der Waals surface area contributed by atoms with Crippen molar-refractivity contribution in [1.82, 2.24) is 0 Å². The zero-order chi connectivity index (χ0) is 20.5. The van der Waals surface area contributed by atoms with Crippen LogP contribution in [0.4, 0.5) is 24.5 Å². The van der Waals surface area contributed by atoms with Crippen LogP contribution in [-0.2, 0) is 21.0 Å². The molecule has 0 atom stereocenters. The fourth-order valence-electron chi connectivity index (χ4n) is 3.06. The maximum atomic E-state index is 12.7. The predicted molar refractivity (Wildman–Crippen MR) is 99.6 cm³/mol. The van der Waals surface area contributed by atoms with Crippen LogP contribution in [0.3, 0.4) is 0 Å². The van der Waals surface area contributed by atoms with E-state index in [0.717, 1.165) is 42.7 Å². The zero-order valence-electron chi connectivity index (χ0n) is 15.1. The minimum Gasteiger partial charge on any atom is -0.312 e. The lowest BCUT2D eigenvalue weighted by molar-refractivity contribution is -0.137. The average molecular weight is 412 g/mol. The number of alkyl halides is 3. The van der Waals surface area contributed by atoms with Crippen molar-refractivity contribution >= 4 is 27.3 Å². The summed E-state index contributed by atoms with van der Waals surface area (Å²) in [7, 11) is -4.07.